The Hall–Kier alpha value is -0.990. The highest BCUT2D eigenvalue weighted by Crippen LogP contribution is 2.17. The summed E-state index contributed by atoms with van der Waals surface area (Å²) in [6, 6.07) is 7.72. The monoisotopic (exact) mass is 239 g/mol. The molecule has 0 radical (unpaired) electrons. The van der Waals surface area contributed by atoms with Crippen molar-refractivity contribution in [1.82, 2.24) is 5.32 Å². The van der Waals surface area contributed by atoms with Gasteiger partial charge in [-0.3, -0.25) is 0 Å². The number of ether oxygens (including phenoxy) is 1. The van der Waals surface area contributed by atoms with E-state index in [1.165, 1.54) is 0 Å². The van der Waals surface area contributed by atoms with E-state index in [9.17, 15) is 0 Å². The van der Waals surface area contributed by atoms with E-state index < -0.39 is 0 Å². The topological polar surface area (TPSA) is 21.3 Å². The fourth-order valence-corrected chi connectivity index (χ4v) is 1.60. The number of rotatable bonds is 6. The van der Waals surface area contributed by atoms with Gasteiger partial charge in [0.05, 0.1) is 0 Å². The number of hydrogen-bond acceptors (Lipinski definition) is 2. The fraction of sp³-hybridized carbons (Fsp3) is 0.385. The molecule has 0 saturated carbocycles. The smallest absolute Gasteiger partial charge is 0.120 e. The van der Waals surface area contributed by atoms with E-state index in [0.717, 1.165) is 17.7 Å². The molecule has 2 nitrogen and oxygen atoms in total. The number of benzene rings is 1. The van der Waals surface area contributed by atoms with Gasteiger partial charge in [0.25, 0.3) is 0 Å². The maximum atomic E-state index is 5.87. The Morgan fingerprint density at radius 1 is 1.56 bits per heavy atom. The van der Waals surface area contributed by atoms with Crippen LogP contribution in [0.5, 0.6) is 5.75 Å². The molecule has 0 aliphatic rings. The van der Waals surface area contributed by atoms with Gasteiger partial charge < -0.3 is 10.1 Å². The molecular formula is C13H18ClNO. The zero-order chi connectivity index (χ0) is 12.0. The Labute approximate surface area is 102 Å². The number of halogens is 1. The van der Waals surface area contributed by atoms with E-state index in [-0.39, 0.29) is 6.04 Å². The summed E-state index contributed by atoms with van der Waals surface area (Å²) < 4.78 is 5.65. The van der Waals surface area contributed by atoms with Crippen LogP contribution in [0.1, 0.15) is 13.3 Å². The molecule has 3 heteroatoms. The van der Waals surface area contributed by atoms with Gasteiger partial charge in [-0.05, 0) is 38.6 Å². The minimum Gasteiger partial charge on any atom is -0.492 e. The van der Waals surface area contributed by atoms with E-state index in [1.807, 2.05) is 38.2 Å². The van der Waals surface area contributed by atoms with E-state index in [2.05, 4.69) is 11.9 Å². The highest BCUT2D eigenvalue weighted by atomic mass is 35.5. The van der Waals surface area contributed by atoms with Crippen molar-refractivity contribution in [3.05, 3.63) is 41.4 Å². The maximum Gasteiger partial charge on any atom is 0.120 e. The molecule has 1 aromatic rings. The van der Waals surface area contributed by atoms with Gasteiger partial charge in [-0.2, -0.15) is 0 Å². The average Bonchev–Trinajstić information content (AvgIpc) is 2.24. The van der Waals surface area contributed by atoms with Crippen LogP contribution in [0.4, 0.5) is 0 Å². The van der Waals surface area contributed by atoms with E-state index in [1.54, 1.807) is 0 Å². The van der Waals surface area contributed by atoms with Crippen LogP contribution in [0, 0.1) is 0 Å². The van der Waals surface area contributed by atoms with Gasteiger partial charge in [-0.1, -0.05) is 23.2 Å². The minimum atomic E-state index is 0.288. The molecule has 0 aliphatic carbocycles. The molecule has 16 heavy (non-hydrogen) atoms. The first-order chi connectivity index (χ1) is 7.61. The van der Waals surface area contributed by atoms with Crippen molar-refractivity contribution >= 4 is 11.6 Å². The molecule has 0 aromatic heterocycles. The highest BCUT2D eigenvalue weighted by Gasteiger charge is 2.07. The molecule has 0 bridgehead atoms. The van der Waals surface area contributed by atoms with Crippen molar-refractivity contribution in [3.63, 3.8) is 0 Å². The first-order valence-electron chi connectivity index (χ1n) is 5.32. The van der Waals surface area contributed by atoms with Crippen LogP contribution in [0.15, 0.2) is 36.4 Å². The fourth-order valence-electron chi connectivity index (χ4n) is 1.42. The van der Waals surface area contributed by atoms with Gasteiger partial charge in [0.2, 0.25) is 0 Å². The van der Waals surface area contributed by atoms with Gasteiger partial charge in [-0.15, -0.1) is 6.58 Å². The van der Waals surface area contributed by atoms with Crippen molar-refractivity contribution in [2.75, 3.05) is 13.7 Å². The second-order valence-electron chi connectivity index (χ2n) is 3.92. The third-order valence-corrected chi connectivity index (χ3v) is 2.49. The van der Waals surface area contributed by atoms with Gasteiger partial charge >= 0.3 is 0 Å². The first kappa shape index (κ1) is 13.1. The van der Waals surface area contributed by atoms with Crippen LogP contribution in [-0.2, 0) is 0 Å². The predicted molar refractivity (Wildman–Crippen MR) is 69.2 cm³/mol. The quantitative estimate of drug-likeness (QED) is 0.770. The van der Waals surface area contributed by atoms with Crippen LogP contribution in [0.25, 0.3) is 0 Å². The van der Waals surface area contributed by atoms with Crippen molar-refractivity contribution in [2.45, 2.75) is 19.4 Å². The second kappa shape index (κ2) is 6.56. The molecule has 1 aromatic carbocycles. The molecule has 0 fully saturated rings. The lowest BCUT2D eigenvalue weighted by Gasteiger charge is -2.17. The van der Waals surface area contributed by atoms with Crippen LogP contribution >= 0.6 is 11.6 Å². The summed E-state index contributed by atoms with van der Waals surface area (Å²) in [6.07, 6.45) is 0.914. The standard InChI is InChI=1S/C13H18ClNO/c1-10(2)7-12(15-3)9-16-13-6-4-5-11(14)8-13/h4-6,8,12,15H,1,7,9H2,2-3H3. The minimum absolute atomic E-state index is 0.288. The second-order valence-corrected chi connectivity index (χ2v) is 4.35. The first-order valence-corrected chi connectivity index (χ1v) is 5.69. The number of hydrogen-bond donors (Lipinski definition) is 1. The molecule has 1 atom stereocenters. The van der Waals surface area contributed by atoms with E-state index >= 15 is 0 Å². The number of nitrogens with one attached hydrogen (secondary N) is 1. The van der Waals surface area contributed by atoms with Crippen LogP contribution in [0.3, 0.4) is 0 Å². The zero-order valence-electron chi connectivity index (χ0n) is 9.79. The van der Waals surface area contributed by atoms with Gasteiger partial charge in [-0.25, -0.2) is 0 Å². The molecule has 1 N–H and O–H groups in total. The van der Waals surface area contributed by atoms with Crippen molar-refractivity contribution < 1.29 is 4.74 Å². The average molecular weight is 240 g/mol. The molecule has 0 heterocycles. The Bertz CT molecular complexity index is 352. The van der Waals surface area contributed by atoms with Gasteiger partial charge in [0, 0.05) is 11.1 Å². The highest BCUT2D eigenvalue weighted by molar-refractivity contribution is 6.30. The van der Waals surface area contributed by atoms with Crippen LogP contribution < -0.4 is 10.1 Å². The SMILES string of the molecule is C=C(C)CC(COc1cccc(Cl)c1)NC. The molecule has 88 valence electrons. The molecular weight excluding hydrogens is 222 g/mol. The summed E-state index contributed by atoms with van der Waals surface area (Å²) in [6.45, 7) is 6.53. The maximum absolute atomic E-state index is 5.87. The van der Waals surface area contributed by atoms with E-state index in [0.29, 0.717) is 11.6 Å². The Balaban J connectivity index is 2.46. The van der Waals surface area contributed by atoms with Gasteiger partial charge in [0.15, 0.2) is 0 Å². The summed E-state index contributed by atoms with van der Waals surface area (Å²) in [7, 11) is 1.93. The van der Waals surface area contributed by atoms with Crippen LogP contribution in [-0.4, -0.2) is 19.7 Å². The third kappa shape index (κ3) is 4.69. The van der Waals surface area contributed by atoms with E-state index in [4.69, 9.17) is 16.3 Å². The largest absolute Gasteiger partial charge is 0.492 e. The Morgan fingerprint density at radius 3 is 2.88 bits per heavy atom. The lowest BCUT2D eigenvalue weighted by molar-refractivity contribution is 0.269. The molecule has 1 rings (SSSR count). The van der Waals surface area contributed by atoms with Gasteiger partial charge in [0.1, 0.15) is 12.4 Å². The normalized spacial score (nSPS) is 12.2. The molecule has 0 amide bonds. The summed E-state index contributed by atoms with van der Waals surface area (Å²) in [5.74, 6) is 0.800. The molecule has 0 spiro atoms. The third-order valence-electron chi connectivity index (χ3n) is 2.25. The molecule has 1 unspecified atom stereocenters. The lowest BCUT2D eigenvalue weighted by Crippen LogP contribution is -2.31. The summed E-state index contributed by atoms with van der Waals surface area (Å²) in [4.78, 5) is 0. The van der Waals surface area contributed by atoms with Crippen LogP contribution in [0.2, 0.25) is 5.02 Å². The molecule has 0 aliphatic heterocycles. The summed E-state index contributed by atoms with van der Waals surface area (Å²) in [5.41, 5.74) is 1.15. The summed E-state index contributed by atoms with van der Waals surface area (Å²) >= 11 is 5.87. The van der Waals surface area contributed by atoms with Crippen molar-refractivity contribution in [2.24, 2.45) is 0 Å². The zero-order valence-corrected chi connectivity index (χ0v) is 10.6. The van der Waals surface area contributed by atoms with Crippen molar-refractivity contribution in [1.29, 1.82) is 0 Å². The van der Waals surface area contributed by atoms with Crippen molar-refractivity contribution in [3.8, 4) is 5.75 Å². The predicted octanol–water partition coefficient (Wildman–Crippen LogP) is 3.27. The lowest BCUT2D eigenvalue weighted by atomic mass is 10.1. The summed E-state index contributed by atoms with van der Waals surface area (Å²) in [5, 5.41) is 3.89. The Kier molecular flexibility index (Phi) is 5.36. The number of likely N-dealkylation sites (N-methyl/N-ethyl adjacent to an activating group) is 1. The Morgan fingerprint density at radius 2 is 2.31 bits per heavy atom. The molecule has 0 saturated heterocycles.